The van der Waals surface area contributed by atoms with Crippen molar-refractivity contribution in [1.29, 1.82) is 0 Å². The van der Waals surface area contributed by atoms with Crippen LogP contribution in [0.2, 0.25) is 19.6 Å². The maximum absolute atomic E-state index is 6.05. The van der Waals surface area contributed by atoms with E-state index in [1.54, 1.807) is 21.3 Å². The molecule has 9 aromatic heterocycles. The van der Waals surface area contributed by atoms with Crippen LogP contribution in [0.1, 0.15) is 11.1 Å². The number of hydrogen-bond acceptors (Lipinski definition) is 12. The number of ether oxygens (including phenoxy) is 3. The summed E-state index contributed by atoms with van der Waals surface area (Å²) in [6, 6.07) is 34.9. The van der Waals surface area contributed by atoms with Gasteiger partial charge in [0.2, 0.25) is 0 Å². The second-order valence-electron chi connectivity index (χ2n) is 18.2. The Bertz CT molecular complexity index is 4210. The number of aromatic nitrogens is 6. The van der Waals surface area contributed by atoms with Crippen LogP contribution in [-0.4, -0.2) is 78.7 Å². The monoisotopic (exact) mass is 1080 g/mol. The van der Waals surface area contributed by atoms with Gasteiger partial charge in [-0.15, -0.1) is 12.0 Å². The van der Waals surface area contributed by atoms with Crippen molar-refractivity contribution in [3.63, 3.8) is 0 Å². The minimum Gasteiger partial charge on any atom is -0.497 e. The van der Waals surface area contributed by atoms with E-state index in [4.69, 9.17) is 43.9 Å². The maximum Gasteiger partial charge on any atom is 0.157 e. The van der Waals surface area contributed by atoms with Crippen molar-refractivity contribution in [1.82, 2.24) is 28.2 Å². The van der Waals surface area contributed by atoms with Gasteiger partial charge in [-0.3, -0.25) is 13.2 Å². The van der Waals surface area contributed by atoms with Crippen LogP contribution in [0.15, 0.2) is 146 Å². The van der Waals surface area contributed by atoms with Gasteiger partial charge in [0, 0.05) is 71.5 Å². The summed E-state index contributed by atoms with van der Waals surface area (Å²) in [5.74, 6) is 13.1. The molecule has 0 saturated heterocycles. The van der Waals surface area contributed by atoms with Crippen LogP contribution in [0.3, 0.4) is 0 Å². The molecule has 9 heterocycles. The Morgan fingerprint density at radius 2 is 0.880 bits per heavy atom. The normalized spacial score (nSPS) is 11.2. The Hall–Kier alpha value is -9.03. The number of nitrogens with zero attached hydrogens (tertiary/aromatic N) is 6. The lowest BCUT2D eigenvalue weighted by molar-refractivity contribution is 0.415. The lowest BCUT2D eigenvalue weighted by Crippen LogP contribution is -2.16. The lowest BCUT2D eigenvalue weighted by Gasteiger charge is -2.04. The number of anilines is 3. The van der Waals surface area contributed by atoms with E-state index in [9.17, 15) is 0 Å². The third kappa shape index (κ3) is 9.94. The van der Waals surface area contributed by atoms with Crippen molar-refractivity contribution in [3.05, 3.63) is 143 Å². The highest BCUT2D eigenvalue weighted by atomic mass is 79.9. The molecule has 376 valence electrons. The molecule has 0 spiro atoms. The van der Waals surface area contributed by atoms with E-state index in [1.165, 1.54) is 0 Å². The van der Waals surface area contributed by atoms with Gasteiger partial charge in [-0.25, -0.2) is 15.0 Å². The number of benzene rings is 3. The van der Waals surface area contributed by atoms with Crippen LogP contribution < -0.4 is 30.2 Å². The van der Waals surface area contributed by atoms with Crippen LogP contribution in [0, 0.1) is 23.8 Å². The van der Waals surface area contributed by atoms with E-state index in [1.807, 2.05) is 162 Å². The van der Waals surface area contributed by atoms with Gasteiger partial charge < -0.3 is 43.4 Å². The highest BCUT2D eigenvalue weighted by Crippen LogP contribution is 2.38. The van der Waals surface area contributed by atoms with Crippen LogP contribution >= 0.6 is 15.9 Å². The standard InChI is InChI=1S/C22H23N3O2Si.C19H15N3O2.C17H14BrN3O2/c1-23-22-21(19-14-16-13-17(26-2)6-7-18(16)27-19)24-20-12-15(8-10-25(20)22)9-11-28(3,4)5;1-4-12-7-8-22-17(9-12)21-18(19(22)20-2)16-11-13-10-14(23-3)5-6-15(13)24-16;1-19-17-16(20-15-9-11(18)5-6-21(15)17)14-8-10-7-12(22-2)3-4-13(10)23-14/h6-8,10,12-14,23H,1-5H3;1,5-11,20H,2-3H3;3-9,19H,1-2H3. The molecule has 0 unspecified atom stereocenters. The molecular formula is C58H52BrN9O6Si. The van der Waals surface area contributed by atoms with Crippen molar-refractivity contribution in [3.8, 4) is 75.4 Å². The van der Waals surface area contributed by atoms with Crippen molar-refractivity contribution in [2.75, 3.05) is 58.4 Å². The van der Waals surface area contributed by atoms with E-state index in [-0.39, 0.29) is 0 Å². The van der Waals surface area contributed by atoms with E-state index in [0.717, 1.165) is 123 Å². The van der Waals surface area contributed by atoms with E-state index in [2.05, 4.69) is 73.9 Å². The summed E-state index contributed by atoms with van der Waals surface area (Å²) in [7, 11) is 9.15. The molecular weight excluding hydrogens is 1030 g/mol. The average molecular weight is 1080 g/mol. The molecule has 0 bridgehead atoms. The second-order valence-corrected chi connectivity index (χ2v) is 23.9. The Balaban J connectivity index is 0.000000129. The van der Waals surface area contributed by atoms with Crippen molar-refractivity contribution >= 4 is 91.3 Å². The number of halogens is 1. The number of furan rings is 3. The molecule has 0 saturated carbocycles. The largest absolute Gasteiger partial charge is 0.497 e. The van der Waals surface area contributed by atoms with Crippen molar-refractivity contribution in [2.45, 2.75) is 19.6 Å². The fourth-order valence-corrected chi connectivity index (χ4v) is 9.41. The predicted octanol–water partition coefficient (Wildman–Crippen LogP) is 13.4. The zero-order valence-electron chi connectivity index (χ0n) is 42.7. The van der Waals surface area contributed by atoms with Gasteiger partial charge in [0.25, 0.3) is 0 Å². The summed E-state index contributed by atoms with van der Waals surface area (Å²) < 4.78 is 40.8. The number of pyridine rings is 3. The Morgan fingerprint density at radius 1 is 0.507 bits per heavy atom. The van der Waals surface area contributed by atoms with Gasteiger partial charge in [0.1, 0.15) is 93.5 Å². The number of methoxy groups -OCH3 is 3. The Morgan fingerprint density at radius 3 is 1.25 bits per heavy atom. The number of rotatable bonds is 9. The second kappa shape index (κ2) is 20.5. The van der Waals surface area contributed by atoms with E-state index < -0.39 is 8.07 Å². The topological polar surface area (TPSA) is 155 Å². The smallest absolute Gasteiger partial charge is 0.157 e. The molecule has 75 heavy (non-hydrogen) atoms. The molecule has 12 rings (SSSR count). The zero-order valence-corrected chi connectivity index (χ0v) is 45.3. The fraction of sp³-hybridized carbons (Fsp3) is 0.155. The summed E-state index contributed by atoms with van der Waals surface area (Å²) in [5, 5.41) is 12.6. The van der Waals surface area contributed by atoms with Crippen LogP contribution in [-0.2, 0) is 0 Å². The molecule has 3 N–H and O–H groups in total. The summed E-state index contributed by atoms with van der Waals surface area (Å²) in [5.41, 5.74) is 12.3. The molecule has 0 aliphatic carbocycles. The SMILES string of the molecule is C#Cc1ccn2c(NC)c(-c3cc4cc(OC)ccc4o3)nc2c1.CNc1c(-c2cc3cc(OC)ccc3o2)nc2cc(Br)ccn12.CNc1c(-c2cc3cc(OC)ccc3o2)nc2cc(C#C[Si](C)(C)C)ccn12. The van der Waals surface area contributed by atoms with Crippen LogP contribution in [0.5, 0.6) is 17.2 Å². The van der Waals surface area contributed by atoms with Gasteiger partial charge in [-0.2, -0.15) is 0 Å². The van der Waals surface area contributed by atoms with Crippen molar-refractivity contribution < 1.29 is 27.5 Å². The van der Waals surface area contributed by atoms with Crippen molar-refractivity contribution in [2.24, 2.45) is 0 Å². The third-order valence-corrected chi connectivity index (χ3v) is 13.5. The first-order chi connectivity index (χ1) is 36.3. The summed E-state index contributed by atoms with van der Waals surface area (Å²) in [4.78, 5) is 14.2. The predicted molar refractivity (Wildman–Crippen MR) is 305 cm³/mol. The lowest BCUT2D eigenvalue weighted by atomic mass is 10.2. The number of fused-ring (bicyclic) bond motifs is 6. The highest BCUT2D eigenvalue weighted by molar-refractivity contribution is 9.10. The summed E-state index contributed by atoms with van der Waals surface area (Å²) in [6.45, 7) is 6.71. The molecule has 0 fully saturated rings. The van der Waals surface area contributed by atoms with E-state index >= 15 is 0 Å². The third-order valence-electron chi connectivity index (χ3n) is 12.2. The molecule has 0 aliphatic rings. The molecule has 17 heteroatoms. The maximum atomic E-state index is 6.05. The average Bonchev–Trinajstić information content (AvgIpc) is 4.31. The quantitative estimate of drug-likeness (QED) is 0.0931. The molecule has 0 amide bonds. The van der Waals surface area contributed by atoms with E-state index in [0.29, 0.717) is 11.5 Å². The van der Waals surface area contributed by atoms with Gasteiger partial charge in [0.15, 0.2) is 17.3 Å². The molecule has 15 nitrogen and oxygen atoms in total. The first kappa shape index (κ1) is 49.5. The molecule has 0 atom stereocenters. The zero-order chi connectivity index (χ0) is 52.5. The first-order valence-electron chi connectivity index (χ1n) is 23.8. The number of nitrogens with one attached hydrogen (secondary N) is 3. The number of terminal acetylenes is 1. The minimum absolute atomic E-state index is 0.688. The fourth-order valence-electron chi connectivity index (χ4n) is 8.56. The van der Waals surface area contributed by atoms with Gasteiger partial charge in [-0.1, -0.05) is 47.4 Å². The molecule has 12 aromatic rings. The minimum atomic E-state index is -1.43. The van der Waals surface area contributed by atoms with Crippen LogP contribution in [0.25, 0.3) is 84.2 Å². The molecule has 0 radical (unpaired) electrons. The Kier molecular flexibility index (Phi) is 13.5. The number of imidazole rings is 3. The van der Waals surface area contributed by atoms with Gasteiger partial charge >= 0.3 is 0 Å². The molecule has 3 aromatic carbocycles. The van der Waals surface area contributed by atoms with Crippen LogP contribution in [0.4, 0.5) is 17.5 Å². The van der Waals surface area contributed by atoms with Gasteiger partial charge in [0.05, 0.1) is 21.3 Å². The van der Waals surface area contributed by atoms with Gasteiger partial charge in [-0.05, 0) is 109 Å². The highest BCUT2D eigenvalue weighted by Gasteiger charge is 2.21. The Labute approximate surface area is 441 Å². The first-order valence-corrected chi connectivity index (χ1v) is 28.1. The molecule has 0 aliphatic heterocycles. The summed E-state index contributed by atoms with van der Waals surface area (Å²) in [6.07, 6.45) is 11.3. The number of hydrogen-bond donors (Lipinski definition) is 3. The summed E-state index contributed by atoms with van der Waals surface area (Å²) >= 11 is 3.48.